The molecule has 0 aliphatic carbocycles. The second-order valence-electron chi connectivity index (χ2n) is 6.02. The van der Waals surface area contributed by atoms with Gasteiger partial charge in [0.05, 0.1) is 11.3 Å². The number of nitrogens with one attached hydrogen (secondary N) is 1. The van der Waals surface area contributed by atoms with Crippen LogP contribution in [0.1, 0.15) is 15.9 Å². The highest BCUT2D eigenvalue weighted by molar-refractivity contribution is 7.89. The first-order valence-electron chi connectivity index (χ1n) is 8.16. The van der Waals surface area contributed by atoms with Crippen LogP contribution in [0.5, 0.6) is 11.6 Å². The number of rotatable bonds is 6. The Balaban J connectivity index is 1.67. The van der Waals surface area contributed by atoms with Crippen LogP contribution in [0.25, 0.3) is 0 Å². The van der Waals surface area contributed by atoms with Crippen molar-refractivity contribution in [3.63, 3.8) is 0 Å². The Labute approximate surface area is 157 Å². The summed E-state index contributed by atoms with van der Waals surface area (Å²) in [5.41, 5.74) is 1.50. The van der Waals surface area contributed by atoms with Crippen LogP contribution >= 0.6 is 0 Å². The van der Waals surface area contributed by atoms with Crippen molar-refractivity contribution in [1.29, 1.82) is 0 Å². The van der Waals surface area contributed by atoms with Gasteiger partial charge in [-0.05, 0) is 35.9 Å². The predicted molar refractivity (Wildman–Crippen MR) is 104 cm³/mol. The van der Waals surface area contributed by atoms with Gasteiger partial charge in [-0.25, -0.2) is 13.4 Å². The van der Waals surface area contributed by atoms with Crippen molar-refractivity contribution in [3.05, 3.63) is 84.1 Å². The molecule has 1 amide bonds. The molecule has 0 aliphatic rings. The zero-order valence-electron chi connectivity index (χ0n) is 14.6. The van der Waals surface area contributed by atoms with Gasteiger partial charge < -0.3 is 10.1 Å². The van der Waals surface area contributed by atoms with Gasteiger partial charge in [-0.2, -0.15) is 0 Å². The topological polar surface area (TPSA) is 85.4 Å². The first-order valence-corrected chi connectivity index (χ1v) is 10.2. The first kappa shape index (κ1) is 18.6. The summed E-state index contributed by atoms with van der Waals surface area (Å²) < 4.78 is 28.4. The largest absolute Gasteiger partial charge is 0.439 e. The molecule has 0 aliphatic heterocycles. The van der Waals surface area contributed by atoms with Gasteiger partial charge in [0.25, 0.3) is 5.91 Å². The lowest BCUT2D eigenvalue weighted by atomic mass is 10.2. The summed E-state index contributed by atoms with van der Waals surface area (Å²) in [5, 5.41) is 2.74. The summed E-state index contributed by atoms with van der Waals surface area (Å²) in [7, 11) is -3.14. The third-order valence-electron chi connectivity index (χ3n) is 3.58. The second-order valence-corrected chi connectivity index (χ2v) is 8.16. The van der Waals surface area contributed by atoms with Gasteiger partial charge >= 0.3 is 0 Å². The summed E-state index contributed by atoms with van der Waals surface area (Å²) in [6, 6.07) is 19.2. The number of benzene rings is 2. The number of carbonyl (C=O) groups is 1. The number of hydrogen-bond donors (Lipinski definition) is 1. The van der Waals surface area contributed by atoms with Crippen molar-refractivity contribution in [1.82, 2.24) is 4.98 Å². The fourth-order valence-electron chi connectivity index (χ4n) is 2.43. The molecule has 138 valence electrons. The molecular weight excluding hydrogens is 364 g/mol. The van der Waals surface area contributed by atoms with E-state index in [1.807, 2.05) is 30.3 Å². The van der Waals surface area contributed by atoms with E-state index < -0.39 is 9.84 Å². The van der Waals surface area contributed by atoms with Crippen LogP contribution in [0.15, 0.2) is 72.9 Å². The fraction of sp³-hybridized carbons (Fsp3) is 0.100. The standard InChI is InChI=1S/C20H18N2O4S/c1-27(24,25)14-15-6-5-7-17(12-15)22-20(23)16-10-11-19(21-13-16)26-18-8-3-2-4-9-18/h2-13H,14H2,1H3,(H,22,23). The van der Waals surface area contributed by atoms with E-state index in [0.29, 0.717) is 28.4 Å². The number of sulfone groups is 1. The highest BCUT2D eigenvalue weighted by Crippen LogP contribution is 2.19. The SMILES string of the molecule is CS(=O)(=O)Cc1cccc(NC(=O)c2ccc(Oc3ccccc3)nc2)c1. The third kappa shape index (κ3) is 5.65. The minimum atomic E-state index is -3.14. The highest BCUT2D eigenvalue weighted by atomic mass is 32.2. The number of hydrogen-bond acceptors (Lipinski definition) is 5. The van der Waals surface area contributed by atoms with Gasteiger partial charge in [0, 0.05) is 24.2 Å². The van der Waals surface area contributed by atoms with Crippen molar-refractivity contribution < 1.29 is 17.9 Å². The van der Waals surface area contributed by atoms with Crippen molar-refractivity contribution in [2.45, 2.75) is 5.75 Å². The average Bonchev–Trinajstić information content (AvgIpc) is 2.62. The van der Waals surface area contributed by atoms with Crippen molar-refractivity contribution >= 4 is 21.4 Å². The molecule has 3 aromatic rings. The van der Waals surface area contributed by atoms with E-state index in [4.69, 9.17) is 4.74 Å². The molecule has 0 bridgehead atoms. The zero-order chi connectivity index (χ0) is 19.3. The van der Waals surface area contributed by atoms with Gasteiger partial charge in [-0.15, -0.1) is 0 Å². The molecule has 0 fully saturated rings. The van der Waals surface area contributed by atoms with Crippen molar-refractivity contribution in [2.24, 2.45) is 0 Å². The molecule has 3 rings (SSSR count). The summed E-state index contributed by atoms with van der Waals surface area (Å²) in [5.74, 6) is 0.618. The number of nitrogens with zero attached hydrogens (tertiary/aromatic N) is 1. The van der Waals surface area contributed by atoms with Crippen LogP contribution in [0.4, 0.5) is 5.69 Å². The number of amides is 1. The van der Waals surface area contributed by atoms with E-state index in [0.717, 1.165) is 0 Å². The van der Waals surface area contributed by atoms with Gasteiger partial charge in [0.1, 0.15) is 5.75 Å². The molecule has 0 atom stereocenters. The lowest BCUT2D eigenvalue weighted by Gasteiger charge is -2.08. The molecule has 7 heteroatoms. The summed E-state index contributed by atoms with van der Waals surface area (Å²) >= 11 is 0. The van der Waals surface area contributed by atoms with Crippen LogP contribution in [0.3, 0.4) is 0 Å². The lowest BCUT2D eigenvalue weighted by Crippen LogP contribution is -2.12. The molecule has 0 radical (unpaired) electrons. The fourth-order valence-corrected chi connectivity index (χ4v) is 3.21. The zero-order valence-corrected chi connectivity index (χ0v) is 15.4. The quantitative estimate of drug-likeness (QED) is 0.703. The number of ether oxygens (including phenoxy) is 1. The minimum Gasteiger partial charge on any atom is -0.439 e. The monoisotopic (exact) mass is 382 g/mol. The summed E-state index contributed by atoms with van der Waals surface area (Å²) in [6.07, 6.45) is 2.59. The predicted octanol–water partition coefficient (Wildman–Crippen LogP) is 3.67. The van der Waals surface area contributed by atoms with Gasteiger partial charge in [0.15, 0.2) is 9.84 Å². The van der Waals surface area contributed by atoms with Crippen molar-refractivity contribution in [2.75, 3.05) is 11.6 Å². The number of para-hydroxylation sites is 1. The molecule has 0 unspecified atom stereocenters. The lowest BCUT2D eigenvalue weighted by molar-refractivity contribution is 0.102. The van der Waals surface area contributed by atoms with Gasteiger partial charge in [-0.3, -0.25) is 4.79 Å². The molecule has 1 heterocycles. The first-order chi connectivity index (χ1) is 12.9. The number of anilines is 1. The third-order valence-corrected chi connectivity index (χ3v) is 4.44. The molecule has 1 aromatic heterocycles. The van der Waals surface area contributed by atoms with Crippen LogP contribution in [-0.4, -0.2) is 25.6 Å². The van der Waals surface area contributed by atoms with E-state index in [1.165, 1.54) is 12.5 Å². The summed E-state index contributed by atoms with van der Waals surface area (Å²) in [6.45, 7) is 0. The van der Waals surface area contributed by atoms with E-state index in [1.54, 1.807) is 36.4 Å². The van der Waals surface area contributed by atoms with E-state index >= 15 is 0 Å². The molecular formula is C20H18N2O4S. The molecule has 0 saturated heterocycles. The van der Waals surface area contributed by atoms with Crippen LogP contribution in [-0.2, 0) is 15.6 Å². The average molecular weight is 382 g/mol. The molecule has 0 saturated carbocycles. The van der Waals surface area contributed by atoms with Crippen molar-refractivity contribution in [3.8, 4) is 11.6 Å². The molecule has 0 spiro atoms. The Kier molecular flexibility index (Phi) is 5.52. The highest BCUT2D eigenvalue weighted by Gasteiger charge is 2.09. The van der Waals surface area contributed by atoms with Crippen LogP contribution < -0.4 is 10.1 Å². The van der Waals surface area contributed by atoms with E-state index in [9.17, 15) is 13.2 Å². The van der Waals surface area contributed by atoms with Crippen LogP contribution in [0.2, 0.25) is 0 Å². The maximum atomic E-state index is 12.4. The maximum absolute atomic E-state index is 12.4. The molecule has 2 aromatic carbocycles. The Morgan fingerprint density at radius 1 is 1.04 bits per heavy atom. The number of carbonyl (C=O) groups excluding carboxylic acids is 1. The second kappa shape index (κ2) is 8.01. The molecule has 27 heavy (non-hydrogen) atoms. The van der Waals surface area contributed by atoms with Gasteiger partial charge in [-0.1, -0.05) is 30.3 Å². The minimum absolute atomic E-state index is 0.0796. The number of aromatic nitrogens is 1. The Morgan fingerprint density at radius 2 is 1.81 bits per heavy atom. The molecule has 6 nitrogen and oxygen atoms in total. The molecule has 1 N–H and O–H groups in total. The van der Waals surface area contributed by atoms with Crippen LogP contribution in [0, 0.1) is 0 Å². The summed E-state index contributed by atoms with van der Waals surface area (Å²) in [4.78, 5) is 16.5. The maximum Gasteiger partial charge on any atom is 0.257 e. The smallest absolute Gasteiger partial charge is 0.257 e. The van der Waals surface area contributed by atoms with E-state index in [2.05, 4.69) is 10.3 Å². The van der Waals surface area contributed by atoms with E-state index in [-0.39, 0.29) is 11.7 Å². The Hall–Kier alpha value is -3.19. The normalized spacial score (nSPS) is 11.0. The Bertz CT molecular complexity index is 1030. The Morgan fingerprint density at radius 3 is 2.48 bits per heavy atom. The number of pyridine rings is 1. The van der Waals surface area contributed by atoms with Gasteiger partial charge in [0.2, 0.25) is 5.88 Å².